The number of carbonyl (C=O) groups excluding carboxylic acids is 1. The lowest BCUT2D eigenvalue weighted by Gasteiger charge is -2.70. The molecular weight excluding hydrogens is 392 g/mol. The molecule has 3 saturated carbocycles. The van der Waals surface area contributed by atoms with Crippen LogP contribution >= 0.6 is 0 Å². The summed E-state index contributed by atoms with van der Waals surface area (Å²) in [6, 6.07) is 0.0972. The quantitative estimate of drug-likeness (QED) is 0.622. The van der Waals surface area contributed by atoms with Crippen LogP contribution in [0.15, 0.2) is 5.16 Å². The van der Waals surface area contributed by atoms with Crippen molar-refractivity contribution >= 4 is 11.6 Å². The molecule has 2 heterocycles. The van der Waals surface area contributed by atoms with E-state index >= 15 is 0 Å². The highest BCUT2D eigenvalue weighted by Gasteiger charge is 2.70. The van der Waals surface area contributed by atoms with E-state index in [1.165, 1.54) is 6.42 Å². The first-order valence-electron chi connectivity index (χ1n) is 12.3. The number of rotatable bonds is 1. The van der Waals surface area contributed by atoms with E-state index in [4.69, 9.17) is 9.57 Å². The minimum atomic E-state index is -0.466. The van der Waals surface area contributed by atoms with Crippen LogP contribution in [0.3, 0.4) is 0 Å². The average Bonchev–Trinajstić information content (AvgIpc) is 2.98. The Morgan fingerprint density at radius 1 is 1.23 bits per heavy atom. The average molecular weight is 433 g/mol. The molecule has 0 bridgehead atoms. The van der Waals surface area contributed by atoms with Crippen molar-refractivity contribution in [3.63, 3.8) is 0 Å². The van der Waals surface area contributed by atoms with E-state index in [1.807, 2.05) is 0 Å². The summed E-state index contributed by atoms with van der Waals surface area (Å²) in [4.78, 5) is 17.9. The van der Waals surface area contributed by atoms with Crippen LogP contribution in [0.5, 0.6) is 0 Å². The Bertz CT molecular complexity index is 796. The molecule has 0 aromatic heterocycles. The van der Waals surface area contributed by atoms with Gasteiger partial charge in [0.05, 0.1) is 23.5 Å². The van der Waals surface area contributed by atoms with Crippen molar-refractivity contribution < 1.29 is 19.5 Å². The van der Waals surface area contributed by atoms with E-state index in [2.05, 4.69) is 45.1 Å². The lowest BCUT2D eigenvalue weighted by atomic mass is 9.42. The molecule has 10 unspecified atom stereocenters. The van der Waals surface area contributed by atoms with Gasteiger partial charge in [0.15, 0.2) is 0 Å². The van der Waals surface area contributed by atoms with Crippen molar-refractivity contribution in [2.75, 3.05) is 7.11 Å². The highest BCUT2D eigenvalue weighted by Crippen LogP contribution is 2.68. The van der Waals surface area contributed by atoms with Gasteiger partial charge in [-0.05, 0) is 62.7 Å². The minimum Gasteiger partial charge on any atom is -0.399 e. The fourth-order valence-electron chi connectivity index (χ4n) is 8.76. The van der Waals surface area contributed by atoms with Crippen LogP contribution in [0.1, 0.15) is 73.1 Å². The highest BCUT2D eigenvalue weighted by atomic mass is 16.6. The van der Waals surface area contributed by atoms with Crippen molar-refractivity contribution in [3.8, 4) is 0 Å². The van der Waals surface area contributed by atoms with Crippen LogP contribution in [-0.2, 0) is 14.4 Å². The SMILES string of the molecule is CON=C1CCC23OC4C(CC2(C)C(C)CCC3C1(C)C)C(O)CC1C(=O)NC(C)C14. The molecule has 5 aliphatic rings. The summed E-state index contributed by atoms with van der Waals surface area (Å²) >= 11 is 0. The van der Waals surface area contributed by atoms with Crippen molar-refractivity contribution in [2.24, 2.45) is 45.6 Å². The number of nitrogens with zero attached hydrogens (tertiary/aromatic N) is 1. The molecule has 0 aromatic rings. The minimum absolute atomic E-state index is 0.0000513. The molecular formula is C25H40N2O4. The normalized spacial score (nSPS) is 54.3. The summed E-state index contributed by atoms with van der Waals surface area (Å²) in [5, 5.41) is 18.7. The van der Waals surface area contributed by atoms with Gasteiger partial charge in [0.1, 0.15) is 7.11 Å². The second-order valence-corrected chi connectivity index (χ2v) is 12.0. The molecule has 6 heteroatoms. The molecule has 174 valence electrons. The molecule has 5 fully saturated rings. The number of hydrogen-bond donors (Lipinski definition) is 2. The van der Waals surface area contributed by atoms with Gasteiger partial charge in [0.25, 0.3) is 0 Å². The lowest BCUT2D eigenvalue weighted by molar-refractivity contribution is -0.320. The molecule has 10 atom stereocenters. The fraction of sp³-hybridized carbons (Fsp3) is 0.920. The largest absolute Gasteiger partial charge is 0.399 e. The smallest absolute Gasteiger partial charge is 0.223 e. The Morgan fingerprint density at radius 3 is 2.68 bits per heavy atom. The predicted molar refractivity (Wildman–Crippen MR) is 118 cm³/mol. The number of carbonyl (C=O) groups is 1. The third-order valence-corrected chi connectivity index (χ3v) is 10.6. The van der Waals surface area contributed by atoms with Crippen LogP contribution in [0.2, 0.25) is 0 Å². The van der Waals surface area contributed by atoms with E-state index in [0.717, 1.165) is 31.4 Å². The van der Waals surface area contributed by atoms with Gasteiger partial charge >= 0.3 is 0 Å². The van der Waals surface area contributed by atoms with Gasteiger partial charge in [-0.15, -0.1) is 0 Å². The highest BCUT2D eigenvalue weighted by molar-refractivity contribution is 5.90. The van der Waals surface area contributed by atoms with Gasteiger partial charge in [0, 0.05) is 29.2 Å². The van der Waals surface area contributed by atoms with Gasteiger partial charge < -0.3 is 20.0 Å². The van der Waals surface area contributed by atoms with Crippen LogP contribution in [0.25, 0.3) is 0 Å². The topological polar surface area (TPSA) is 80.2 Å². The number of fused-ring (bicyclic) bond motifs is 3. The number of amides is 1. The monoisotopic (exact) mass is 432 g/mol. The predicted octanol–water partition coefficient (Wildman–Crippen LogP) is 3.52. The van der Waals surface area contributed by atoms with E-state index in [-0.39, 0.29) is 52.2 Å². The van der Waals surface area contributed by atoms with E-state index in [1.54, 1.807) is 7.11 Å². The molecule has 6 nitrogen and oxygen atoms in total. The number of nitrogens with one attached hydrogen (secondary N) is 1. The Kier molecular flexibility index (Phi) is 4.85. The lowest BCUT2D eigenvalue weighted by Crippen LogP contribution is -2.72. The van der Waals surface area contributed by atoms with Crippen LogP contribution in [-0.4, -0.2) is 47.7 Å². The summed E-state index contributed by atoms with van der Waals surface area (Å²) in [5.41, 5.74) is 0.778. The zero-order chi connectivity index (χ0) is 22.3. The number of hydrogen-bond acceptors (Lipinski definition) is 5. The molecule has 5 rings (SSSR count). The summed E-state index contributed by atoms with van der Waals surface area (Å²) in [5.74, 6) is 1.10. The van der Waals surface area contributed by atoms with Gasteiger partial charge in [-0.3, -0.25) is 4.79 Å². The maximum absolute atomic E-state index is 12.6. The zero-order valence-electron chi connectivity index (χ0n) is 20.0. The molecule has 2 N–H and O–H groups in total. The van der Waals surface area contributed by atoms with Crippen molar-refractivity contribution in [1.29, 1.82) is 0 Å². The Labute approximate surface area is 186 Å². The van der Waals surface area contributed by atoms with Crippen molar-refractivity contribution in [3.05, 3.63) is 0 Å². The standard InChI is InChI=1S/C25H40N2O4/c1-13-7-8-18-23(3,4)19(27-30-6)9-10-25(18)24(13,5)12-16-17(28)11-15-20(21(16)31-25)14(2)26-22(15)29/h13-18,20-21,28H,7-12H2,1-6H3,(H,26,29). The number of aliphatic hydroxyl groups excluding tert-OH is 1. The molecule has 1 spiro atoms. The Hall–Kier alpha value is -1.14. The first-order chi connectivity index (χ1) is 14.6. The number of ether oxygens (including phenoxy) is 1. The molecule has 2 aliphatic heterocycles. The molecule has 0 radical (unpaired) electrons. The van der Waals surface area contributed by atoms with Gasteiger partial charge in [-0.1, -0.05) is 32.9 Å². The zero-order valence-corrected chi connectivity index (χ0v) is 20.0. The first-order valence-corrected chi connectivity index (χ1v) is 12.3. The van der Waals surface area contributed by atoms with Gasteiger partial charge in [-0.25, -0.2) is 0 Å². The van der Waals surface area contributed by atoms with E-state index in [0.29, 0.717) is 18.3 Å². The third-order valence-electron chi connectivity index (χ3n) is 10.6. The first kappa shape index (κ1) is 21.7. The second-order valence-electron chi connectivity index (χ2n) is 12.0. The molecule has 31 heavy (non-hydrogen) atoms. The Balaban J connectivity index is 1.60. The summed E-state index contributed by atoms with van der Waals surface area (Å²) < 4.78 is 7.38. The number of oxime groups is 1. The van der Waals surface area contributed by atoms with Crippen LogP contribution in [0.4, 0.5) is 0 Å². The maximum Gasteiger partial charge on any atom is 0.223 e. The third kappa shape index (κ3) is 2.70. The molecule has 3 aliphatic carbocycles. The second kappa shape index (κ2) is 6.93. The van der Waals surface area contributed by atoms with Gasteiger partial charge in [-0.2, -0.15) is 0 Å². The van der Waals surface area contributed by atoms with Crippen LogP contribution < -0.4 is 5.32 Å². The number of aliphatic hydroxyl groups is 1. The van der Waals surface area contributed by atoms with E-state index < -0.39 is 6.10 Å². The van der Waals surface area contributed by atoms with E-state index in [9.17, 15) is 9.90 Å². The van der Waals surface area contributed by atoms with Crippen molar-refractivity contribution in [1.82, 2.24) is 5.32 Å². The van der Waals surface area contributed by atoms with Crippen LogP contribution in [0, 0.1) is 40.4 Å². The molecule has 1 amide bonds. The fourth-order valence-corrected chi connectivity index (χ4v) is 8.76. The Morgan fingerprint density at radius 2 is 1.97 bits per heavy atom. The summed E-state index contributed by atoms with van der Waals surface area (Å²) in [6.07, 6.45) is 5.12. The molecule has 2 saturated heterocycles. The maximum atomic E-state index is 12.6. The summed E-state index contributed by atoms with van der Waals surface area (Å²) in [7, 11) is 1.64. The van der Waals surface area contributed by atoms with Crippen molar-refractivity contribution in [2.45, 2.75) is 97.0 Å². The van der Waals surface area contributed by atoms with Gasteiger partial charge in [0.2, 0.25) is 5.91 Å². The molecule has 0 aromatic carbocycles. The summed E-state index contributed by atoms with van der Waals surface area (Å²) in [6.45, 7) is 11.5.